The number of carbonyl (C=O) groups is 1. The highest BCUT2D eigenvalue weighted by Crippen LogP contribution is 2.19. The van der Waals surface area contributed by atoms with Crippen molar-refractivity contribution in [3.05, 3.63) is 42.1 Å². The van der Waals surface area contributed by atoms with E-state index in [-0.39, 0.29) is 24.0 Å². The zero-order valence-electron chi connectivity index (χ0n) is 12.7. The first kappa shape index (κ1) is 15.9. The fourth-order valence-corrected chi connectivity index (χ4v) is 3.89. The molecular weight excluding hydrogens is 314 g/mol. The van der Waals surface area contributed by atoms with Crippen LogP contribution in [0, 0.1) is 5.92 Å². The molecule has 122 valence electrons. The van der Waals surface area contributed by atoms with Gasteiger partial charge in [-0.1, -0.05) is 24.3 Å². The highest BCUT2D eigenvalue weighted by Gasteiger charge is 2.31. The maximum Gasteiger partial charge on any atom is 0.222 e. The number of primary sulfonamides is 1. The summed E-state index contributed by atoms with van der Waals surface area (Å²) in [5.74, 6) is -0.356. The van der Waals surface area contributed by atoms with Crippen molar-refractivity contribution < 1.29 is 13.2 Å². The zero-order valence-corrected chi connectivity index (χ0v) is 13.5. The number of aromatic nitrogens is 1. The van der Waals surface area contributed by atoms with Gasteiger partial charge < -0.3 is 4.90 Å². The summed E-state index contributed by atoms with van der Waals surface area (Å²) in [6.45, 7) is 0.994. The number of likely N-dealkylation sites (tertiary alicyclic amines) is 1. The van der Waals surface area contributed by atoms with E-state index in [1.807, 2.05) is 36.4 Å². The van der Waals surface area contributed by atoms with Gasteiger partial charge in [0.1, 0.15) is 0 Å². The van der Waals surface area contributed by atoms with Crippen LogP contribution in [0.15, 0.2) is 36.4 Å². The Balaban J connectivity index is 1.62. The van der Waals surface area contributed by atoms with Crippen molar-refractivity contribution >= 4 is 26.8 Å². The number of pyridine rings is 1. The summed E-state index contributed by atoms with van der Waals surface area (Å²) in [6, 6.07) is 11.9. The Morgan fingerprint density at radius 3 is 2.78 bits per heavy atom. The first-order valence-corrected chi connectivity index (χ1v) is 9.25. The van der Waals surface area contributed by atoms with Gasteiger partial charge in [0.15, 0.2) is 0 Å². The third kappa shape index (κ3) is 4.05. The lowest BCUT2D eigenvalue weighted by molar-refractivity contribution is -0.127. The van der Waals surface area contributed by atoms with Crippen LogP contribution in [0.5, 0.6) is 0 Å². The topological polar surface area (TPSA) is 93.4 Å². The van der Waals surface area contributed by atoms with Crippen LogP contribution < -0.4 is 5.14 Å². The number of nitrogens with zero attached hydrogens (tertiary/aromatic N) is 2. The largest absolute Gasteiger partial charge is 0.342 e. The first-order chi connectivity index (χ1) is 10.9. The summed E-state index contributed by atoms with van der Waals surface area (Å²) < 4.78 is 22.3. The molecule has 1 atom stereocenters. The summed E-state index contributed by atoms with van der Waals surface area (Å²) in [5.41, 5.74) is 1.86. The molecule has 0 bridgehead atoms. The van der Waals surface area contributed by atoms with Crippen LogP contribution >= 0.6 is 0 Å². The van der Waals surface area contributed by atoms with Crippen molar-refractivity contribution in [3.63, 3.8) is 0 Å². The van der Waals surface area contributed by atoms with Crippen LogP contribution in [0.4, 0.5) is 0 Å². The molecule has 23 heavy (non-hydrogen) atoms. The standard InChI is InChI=1S/C16H19N3O3S/c17-23(21,22)11-12-9-16(20)19(10-12)8-7-14-6-5-13-3-1-2-4-15(13)18-14/h1-6,12H,7-11H2,(H2,17,21,22). The minimum absolute atomic E-state index is 0.0144. The zero-order chi connectivity index (χ0) is 16.4. The van der Waals surface area contributed by atoms with E-state index in [2.05, 4.69) is 4.98 Å². The second-order valence-corrected chi connectivity index (χ2v) is 7.64. The Labute approximate surface area is 135 Å². The predicted octanol–water partition coefficient (Wildman–Crippen LogP) is 0.914. The maximum atomic E-state index is 12.0. The molecule has 0 radical (unpaired) electrons. The summed E-state index contributed by atoms with van der Waals surface area (Å²) in [6.07, 6.45) is 0.903. The lowest BCUT2D eigenvalue weighted by Crippen LogP contribution is -2.29. The van der Waals surface area contributed by atoms with Crippen molar-refractivity contribution in [2.45, 2.75) is 12.8 Å². The minimum atomic E-state index is -3.54. The molecule has 2 heterocycles. The SMILES string of the molecule is NS(=O)(=O)CC1CC(=O)N(CCc2ccc3ccccc3n2)C1. The van der Waals surface area contributed by atoms with Crippen molar-refractivity contribution in [2.24, 2.45) is 11.1 Å². The molecule has 0 spiro atoms. The van der Waals surface area contributed by atoms with Crippen LogP contribution in [0.1, 0.15) is 12.1 Å². The van der Waals surface area contributed by atoms with Gasteiger partial charge >= 0.3 is 0 Å². The van der Waals surface area contributed by atoms with E-state index < -0.39 is 10.0 Å². The molecule has 2 N–H and O–H groups in total. The molecule has 2 aromatic rings. The van der Waals surface area contributed by atoms with E-state index >= 15 is 0 Å². The van der Waals surface area contributed by atoms with Crippen LogP contribution in [-0.4, -0.2) is 43.1 Å². The molecule has 1 aliphatic rings. The van der Waals surface area contributed by atoms with Crippen LogP contribution in [0.2, 0.25) is 0 Å². The molecule has 0 aliphatic carbocycles. The Bertz CT molecular complexity index is 835. The third-order valence-electron chi connectivity index (χ3n) is 4.06. The molecule has 1 aromatic carbocycles. The summed E-state index contributed by atoms with van der Waals surface area (Å²) in [4.78, 5) is 18.3. The maximum absolute atomic E-state index is 12.0. The Hall–Kier alpha value is -1.99. The molecule has 1 fully saturated rings. The first-order valence-electron chi connectivity index (χ1n) is 7.53. The highest BCUT2D eigenvalue weighted by atomic mass is 32.2. The van der Waals surface area contributed by atoms with Gasteiger partial charge in [-0.3, -0.25) is 9.78 Å². The Morgan fingerprint density at radius 2 is 2.00 bits per heavy atom. The number of fused-ring (bicyclic) bond motifs is 1. The summed E-state index contributed by atoms with van der Waals surface area (Å²) >= 11 is 0. The van der Waals surface area contributed by atoms with E-state index in [1.165, 1.54) is 0 Å². The molecule has 1 saturated heterocycles. The van der Waals surface area contributed by atoms with Crippen LogP contribution in [0.3, 0.4) is 0 Å². The highest BCUT2D eigenvalue weighted by molar-refractivity contribution is 7.89. The molecule has 1 amide bonds. The number of hydrogen-bond acceptors (Lipinski definition) is 4. The number of hydrogen-bond donors (Lipinski definition) is 1. The van der Waals surface area contributed by atoms with E-state index in [0.717, 1.165) is 16.6 Å². The number of rotatable bonds is 5. The summed E-state index contributed by atoms with van der Waals surface area (Å²) in [7, 11) is -3.54. The molecular formula is C16H19N3O3S. The van der Waals surface area contributed by atoms with E-state index in [0.29, 0.717) is 19.5 Å². The average Bonchev–Trinajstić information content (AvgIpc) is 2.82. The molecule has 1 aliphatic heterocycles. The van der Waals surface area contributed by atoms with Crippen molar-refractivity contribution in [1.29, 1.82) is 0 Å². The van der Waals surface area contributed by atoms with Gasteiger partial charge in [0.05, 0.1) is 11.3 Å². The van der Waals surface area contributed by atoms with Gasteiger partial charge in [-0.15, -0.1) is 0 Å². The number of sulfonamides is 1. The van der Waals surface area contributed by atoms with Crippen molar-refractivity contribution in [2.75, 3.05) is 18.8 Å². The van der Waals surface area contributed by atoms with Crippen LogP contribution in [-0.2, 0) is 21.2 Å². The minimum Gasteiger partial charge on any atom is -0.342 e. The number of para-hydroxylation sites is 1. The monoisotopic (exact) mass is 333 g/mol. The van der Waals surface area contributed by atoms with E-state index in [1.54, 1.807) is 4.90 Å². The number of carbonyl (C=O) groups excluding carboxylic acids is 1. The molecule has 0 saturated carbocycles. The number of nitrogens with two attached hydrogens (primary N) is 1. The molecule has 1 aromatic heterocycles. The predicted molar refractivity (Wildman–Crippen MR) is 88.1 cm³/mol. The van der Waals surface area contributed by atoms with Gasteiger partial charge in [-0.25, -0.2) is 13.6 Å². The number of amides is 1. The average molecular weight is 333 g/mol. The molecule has 6 nitrogen and oxygen atoms in total. The second-order valence-electron chi connectivity index (χ2n) is 5.98. The molecule has 7 heteroatoms. The van der Waals surface area contributed by atoms with Gasteiger partial charge in [0.25, 0.3) is 0 Å². The van der Waals surface area contributed by atoms with Crippen molar-refractivity contribution in [3.8, 4) is 0 Å². The number of benzene rings is 1. The van der Waals surface area contributed by atoms with E-state index in [4.69, 9.17) is 5.14 Å². The van der Waals surface area contributed by atoms with E-state index in [9.17, 15) is 13.2 Å². The lowest BCUT2D eigenvalue weighted by atomic mass is 10.1. The smallest absolute Gasteiger partial charge is 0.222 e. The van der Waals surface area contributed by atoms with Gasteiger partial charge in [-0.2, -0.15) is 0 Å². The Kier molecular flexibility index (Phi) is 4.32. The summed E-state index contributed by atoms with van der Waals surface area (Å²) in [5, 5.41) is 6.14. The van der Waals surface area contributed by atoms with Gasteiger partial charge in [0.2, 0.25) is 15.9 Å². The normalized spacial score (nSPS) is 18.7. The molecule has 3 rings (SSSR count). The van der Waals surface area contributed by atoms with Gasteiger partial charge in [-0.05, 0) is 12.1 Å². The van der Waals surface area contributed by atoms with Crippen molar-refractivity contribution in [1.82, 2.24) is 9.88 Å². The third-order valence-corrected chi connectivity index (χ3v) is 4.99. The fourth-order valence-electron chi connectivity index (χ4n) is 3.01. The quantitative estimate of drug-likeness (QED) is 0.880. The van der Waals surface area contributed by atoms with Crippen LogP contribution in [0.25, 0.3) is 10.9 Å². The van der Waals surface area contributed by atoms with Gasteiger partial charge in [0, 0.05) is 42.9 Å². The second kappa shape index (κ2) is 6.25. The Morgan fingerprint density at radius 1 is 1.22 bits per heavy atom. The lowest BCUT2D eigenvalue weighted by Gasteiger charge is -2.16. The fraction of sp³-hybridized carbons (Fsp3) is 0.375. The molecule has 1 unspecified atom stereocenters.